The molecule has 0 radical (unpaired) electrons. The summed E-state index contributed by atoms with van der Waals surface area (Å²) in [6.07, 6.45) is 0. The van der Waals surface area contributed by atoms with Crippen LogP contribution in [-0.2, 0) is 4.74 Å². The highest BCUT2D eigenvalue weighted by Crippen LogP contribution is 2.34. The third-order valence-electron chi connectivity index (χ3n) is 2.20. The number of rotatable bonds is 5. The number of hydrogen-bond donors (Lipinski definition) is 1. The zero-order valence-corrected chi connectivity index (χ0v) is 11.5. The molecule has 1 N–H and O–H groups in total. The van der Waals surface area contributed by atoms with Crippen LogP contribution in [0.15, 0.2) is 6.07 Å². The highest BCUT2D eigenvalue weighted by molar-refractivity contribution is 7.00. The summed E-state index contributed by atoms with van der Waals surface area (Å²) in [5.74, 6) is 0. The first kappa shape index (κ1) is 12.8. The highest BCUT2D eigenvalue weighted by atomic mass is 35.5. The fourth-order valence-electron chi connectivity index (χ4n) is 1.43. The second kappa shape index (κ2) is 5.82. The molecule has 2 rings (SSSR count). The summed E-state index contributed by atoms with van der Waals surface area (Å²) in [5.41, 5.74) is 2.16. The Kier molecular flexibility index (Phi) is 4.39. The molecule has 0 spiro atoms. The van der Waals surface area contributed by atoms with Gasteiger partial charge in [0.05, 0.1) is 34.1 Å². The Balaban J connectivity index is 2.23. The van der Waals surface area contributed by atoms with Gasteiger partial charge >= 0.3 is 0 Å². The molecule has 0 aliphatic carbocycles. The van der Waals surface area contributed by atoms with Gasteiger partial charge in [0.15, 0.2) is 0 Å². The normalized spacial score (nSPS) is 11.0. The largest absolute Gasteiger partial charge is 0.380 e. The first-order chi connectivity index (χ1) is 8.24. The van der Waals surface area contributed by atoms with Gasteiger partial charge in [0.25, 0.3) is 0 Å². The van der Waals surface area contributed by atoms with E-state index in [0.29, 0.717) is 40.8 Å². The zero-order valence-electron chi connectivity index (χ0n) is 9.17. The van der Waals surface area contributed by atoms with Crippen molar-refractivity contribution in [2.75, 3.05) is 25.1 Å². The molecule has 0 amide bonds. The predicted octanol–water partition coefficient (Wildman–Crippen LogP) is 3.45. The third-order valence-corrected chi connectivity index (χ3v) is 3.31. The SMILES string of the molecule is CCOCCNc1c(Cl)cc(Cl)c2nsnc12. The van der Waals surface area contributed by atoms with E-state index in [-0.39, 0.29) is 0 Å². The maximum absolute atomic E-state index is 6.13. The van der Waals surface area contributed by atoms with E-state index in [1.165, 1.54) is 0 Å². The number of nitrogens with one attached hydrogen (secondary N) is 1. The Morgan fingerprint density at radius 3 is 2.82 bits per heavy atom. The van der Waals surface area contributed by atoms with Crippen molar-refractivity contribution in [2.24, 2.45) is 0 Å². The van der Waals surface area contributed by atoms with E-state index in [1.807, 2.05) is 6.92 Å². The van der Waals surface area contributed by atoms with Crippen LogP contribution in [0.3, 0.4) is 0 Å². The van der Waals surface area contributed by atoms with Crippen molar-refractivity contribution < 1.29 is 4.74 Å². The van der Waals surface area contributed by atoms with E-state index in [9.17, 15) is 0 Å². The van der Waals surface area contributed by atoms with E-state index in [4.69, 9.17) is 27.9 Å². The summed E-state index contributed by atoms with van der Waals surface area (Å²) in [6, 6.07) is 1.68. The van der Waals surface area contributed by atoms with Gasteiger partial charge in [-0.15, -0.1) is 0 Å². The molecule has 7 heteroatoms. The van der Waals surface area contributed by atoms with Crippen molar-refractivity contribution in [1.29, 1.82) is 0 Å². The van der Waals surface area contributed by atoms with Crippen LogP contribution in [0.5, 0.6) is 0 Å². The minimum atomic E-state index is 0.522. The van der Waals surface area contributed by atoms with E-state index in [2.05, 4.69) is 14.1 Å². The van der Waals surface area contributed by atoms with Crippen LogP contribution in [0.25, 0.3) is 11.0 Å². The summed E-state index contributed by atoms with van der Waals surface area (Å²) in [5, 5.41) is 4.26. The average Bonchev–Trinajstić information content (AvgIpc) is 2.77. The second-order valence-electron chi connectivity index (χ2n) is 3.30. The molecule has 0 aliphatic heterocycles. The Bertz CT molecular complexity index is 517. The number of halogens is 2. The summed E-state index contributed by atoms with van der Waals surface area (Å²) in [6.45, 7) is 3.94. The van der Waals surface area contributed by atoms with Gasteiger partial charge in [-0.1, -0.05) is 23.2 Å². The number of aromatic nitrogens is 2. The van der Waals surface area contributed by atoms with Crippen LogP contribution < -0.4 is 5.32 Å². The Morgan fingerprint density at radius 2 is 2.06 bits per heavy atom. The Labute approximate surface area is 113 Å². The fourth-order valence-corrected chi connectivity index (χ4v) is 2.61. The Morgan fingerprint density at radius 1 is 1.29 bits per heavy atom. The summed E-state index contributed by atoms with van der Waals surface area (Å²) < 4.78 is 13.6. The van der Waals surface area contributed by atoms with Crippen LogP contribution in [0.4, 0.5) is 5.69 Å². The summed E-state index contributed by atoms with van der Waals surface area (Å²) >= 11 is 13.3. The first-order valence-electron chi connectivity index (χ1n) is 5.16. The van der Waals surface area contributed by atoms with E-state index >= 15 is 0 Å². The number of fused-ring (bicyclic) bond motifs is 1. The molecule has 1 aromatic heterocycles. The smallest absolute Gasteiger partial charge is 0.130 e. The molecule has 0 fully saturated rings. The second-order valence-corrected chi connectivity index (χ2v) is 4.64. The molecule has 0 aliphatic rings. The molecular weight excluding hydrogens is 281 g/mol. The average molecular weight is 292 g/mol. The zero-order chi connectivity index (χ0) is 12.3. The molecule has 0 bridgehead atoms. The molecular formula is C10H11Cl2N3OS. The standard InChI is InChI=1S/C10H11Cl2N3OS/c1-2-16-4-3-13-8-6(11)5-7(12)9-10(8)15-17-14-9/h5,13H,2-4H2,1H3. The third kappa shape index (κ3) is 2.80. The fraction of sp³-hybridized carbons (Fsp3) is 0.400. The quantitative estimate of drug-likeness (QED) is 0.857. The van der Waals surface area contributed by atoms with Gasteiger partial charge in [-0.25, -0.2) is 0 Å². The molecule has 92 valence electrons. The maximum atomic E-state index is 6.13. The van der Waals surface area contributed by atoms with Gasteiger partial charge in [-0.3, -0.25) is 0 Å². The van der Waals surface area contributed by atoms with Crippen molar-refractivity contribution in [3.05, 3.63) is 16.1 Å². The Hall–Kier alpha value is -0.620. The molecule has 1 heterocycles. The van der Waals surface area contributed by atoms with Crippen LogP contribution in [0.2, 0.25) is 10.0 Å². The number of hydrogen-bond acceptors (Lipinski definition) is 5. The topological polar surface area (TPSA) is 47.0 Å². The number of ether oxygens (including phenoxy) is 1. The first-order valence-corrected chi connectivity index (χ1v) is 6.64. The van der Waals surface area contributed by atoms with E-state index in [1.54, 1.807) is 6.07 Å². The van der Waals surface area contributed by atoms with Crippen molar-refractivity contribution in [3.63, 3.8) is 0 Å². The highest BCUT2D eigenvalue weighted by Gasteiger charge is 2.13. The van der Waals surface area contributed by atoms with Crippen molar-refractivity contribution >= 4 is 51.7 Å². The minimum Gasteiger partial charge on any atom is -0.380 e. The van der Waals surface area contributed by atoms with Gasteiger partial charge in [0.2, 0.25) is 0 Å². The molecule has 0 saturated carbocycles. The van der Waals surface area contributed by atoms with Crippen molar-refractivity contribution in [1.82, 2.24) is 8.75 Å². The van der Waals surface area contributed by atoms with E-state index in [0.717, 1.165) is 17.4 Å². The molecule has 0 saturated heterocycles. The molecule has 17 heavy (non-hydrogen) atoms. The lowest BCUT2D eigenvalue weighted by atomic mass is 10.2. The molecule has 1 aromatic carbocycles. The van der Waals surface area contributed by atoms with E-state index < -0.39 is 0 Å². The lowest BCUT2D eigenvalue weighted by Crippen LogP contribution is -2.09. The van der Waals surface area contributed by atoms with Crippen LogP contribution >= 0.6 is 34.9 Å². The summed E-state index contributed by atoms with van der Waals surface area (Å²) in [4.78, 5) is 0. The lowest BCUT2D eigenvalue weighted by molar-refractivity contribution is 0.158. The van der Waals surface area contributed by atoms with Crippen LogP contribution in [-0.4, -0.2) is 28.5 Å². The number of anilines is 1. The molecule has 0 unspecified atom stereocenters. The number of benzene rings is 1. The maximum Gasteiger partial charge on any atom is 0.130 e. The molecule has 4 nitrogen and oxygen atoms in total. The predicted molar refractivity (Wildman–Crippen MR) is 72.4 cm³/mol. The van der Waals surface area contributed by atoms with Crippen LogP contribution in [0.1, 0.15) is 6.92 Å². The monoisotopic (exact) mass is 291 g/mol. The lowest BCUT2D eigenvalue weighted by Gasteiger charge is -2.09. The van der Waals surface area contributed by atoms with Gasteiger partial charge in [-0.05, 0) is 13.0 Å². The minimum absolute atomic E-state index is 0.522. The molecule has 0 atom stereocenters. The van der Waals surface area contributed by atoms with Gasteiger partial charge in [0.1, 0.15) is 11.0 Å². The van der Waals surface area contributed by atoms with Crippen molar-refractivity contribution in [2.45, 2.75) is 6.92 Å². The van der Waals surface area contributed by atoms with Crippen LogP contribution in [0, 0.1) is 0 Å². The number of nitrogens with zero attached hydrogens (tertiary/aromatic N) is 2. The van der Waals surface area contributed by atoms with Gasteiger partial charge < -0.3 is 10.1 Å². The molecule has 2 aromatic rings. The van der Waals surface area contributed by atoms with Gasteiger partial charge in [-0.2, -0.15) is 8.75 Å². The van der Waals surface area contributed by atoms with Gasteiger partial charge in [0, 0.05) is 13.2 Å². The van der Waals surface area contributed by atoms with Crippen molar-refractivity contribution in [3.8, 4) is 0 Å². The summed E-state index contributed by atoms with van der Waals surface area (Å²) in [7, 11) is 0.